The summed E-state index contributed by atoms with van der Waals surface area (Å²) in [6, 6.07) is 3.32. The second-order valence-electron chi connectivity index (χ2n) is 4.73. The highest BCUT2D eigenvalue weighted by Gasteiger charge is 2.35. The van der Waals surface area contributed by atoms with E-state index >= 15 is 0 Å². The number of rotatable bonds is 2. The molecule has 1 aliphatic rings. The monoisotopic (exact) mass is 291 g/mol. The predicted octanol–water partition coefficient (Wildman–Crippen LogP) is 0.390. The first-order chi connectivity index (χ1) is 9.82. The van der Waals surface area contributed by atoms with Gasteiger partial charge in [0, 0.05) is 17.2 Å². The van der Waals surface area contributed by atoms with Gasteiger partial charge in [-0.15, -0.1) is 0 Å². The van der Waals surface area contributed by atoms with E-state index < -0.39 is 28.7 Å². The molecule has 1 aromatic carbocycles. The van der Waals surface area contributed by atoms with Gasteiger partial charge in [0.2, 0.25) is 11.8 Å². The normalized spacial score (nSPS) is 18.4. The Kier molecular flexibility index (Phi) is 3.70. The zero-order valence-corrected chi connectivity index (χ0v) is 11.5. The minimum absolute atomic E-state index is 0.110. The van der Waals surface area contributed by atoms with Crippen LogP contribution in [0.25, 0.3) is 0 Å². The number of amides is 3. The minimum atomic E-state index is -0.811. The van der Waals surface area contributed by atoms with Crippen LogP contribution in [0.4, 0.5) is 5.69 Å². The molecule has 1 aliphatic heterocycles. The van der Waals surface area contributed by atoms with Gasteiger partial charge in [-0.1, -0.05) is 6.07 Å². The molecule has 1 fully saturated rings. The van der Waals surface area contributed by atoms with E-state index in [1.165, 1.54) is 32.0 Å². The van der Waals surface area contributed by atoms with Crippen molar-refractivity contribution in [2.24, 2.45) is 0 Å². The molecule has 3 amide bonds. The zero-order chi connectivity index (χ0) is 15.7. The van der Waals surface area contributed by atoms with Crippen molar-refractivity contribution in [2.75, 3.05) is 6.54 Å². The smallest absolute Gasteiger partial charge is 0.273 e. The van der Waals surface area contributed by atoms with Crippen LogP contribution in [-0.4, -0.2) is 40.1 Å². The van der Waals surface area contributed by atoms with Crippen LogP contribution in [0.3, 0.4) is 0 Å². The minimum Gasteiger partial charge on any atom is -0.318 e. The summed E-state index contributed by atoms with van der Waals surface area (Å²) in [6.45, 7) is 2.70. The summed E-state index contributed by atoms with van der Waals surface area (Å²) < 4.78 is 0. The van der Waals surface area contributed by atoms with E-state index in [9.17, 15) is 24.5 Å². The molecule has 1 saturated heterocycles. The summed E-state index contributed by atoms with van der Waals surface area (Å²) in [7, 11) is 0. The number of imide groups is 1. The summed E-state index contributed by atoms with van der Waals surface area (Å²) in [6.07, 6.45) is 0. The van der Waals surface area contributed by atoms with E-state index in [2.05, 4.69) is 5.32 Å². The number of carbonyl (C=O) groups is 3. The number of hydrogen-bond donors (Lipinski definition) is 1. The SMILES string of the molecule is Cc1c(C(=O)N2CC(=O)NC(=O)C2C)cccc1[N+](=O)[O-]. The molecule has 8 heteroatoms. The van der Waals surface area contributed by atoms with Crippen molar-refractivity contribution in [2.45, 2.75) is 19.9 Å². The van der Waals surface area contributed by atoms with Crippen LogP contribution in [0.5, 0.6) is 0 Å². The molecule has 8 nitrogen and oxygen atoms in total. The summed E-state index contributed by atoms with van der Waals surface area (Å²) in [5, 5.41) is 13.0. The van der Waals surface area contributed by atoms with Crippen molar-refractivity contribution < 1.29 is 19.3 Å². The predicted molar refractivity (Wildman–Crippen MR) is 71.5 cm³/mol. The maximum absolute atomic E-state index is 12.5. The van der Waals surface area contributed by atoms with E-state index in [0.717, 1.165) is 4.90 Å². The van der Waals surface area contributed by atoms with Crippen molar-refractivity contribution >= 4 is 23.4 Å². The Labute approximate surface area is 119 Å². The van der Waals surface area contributed by atoms with E-state index in [1.54, 1.807) is 0 Å². The Bertz CT molecular complexity index is 655. The Morgan fingerprint density at radius 2 is 2.10 bits per heavy atom. The van der Waals surface area contributed by atoms with Gasteiger partial charge in [0.25, 0.3) is 11.6 Å². The first-order valence-electron chi connectivity index (χ1n) is 6.21. The van der Waals surface area contributed by atoms with E-state index in [0.29, 0.717) is 0 Å². The average Bonchev–Trinajstić information content (AvgIpc) is 2.42. The molecule has 1 N–H and O–H groups in total. The summed E-state index contributed by atoms with van der Waals surface area (Å²) in [5.74, 6) is -1.72. The van der Waals surface area contributed by atoms with Gasteiger partial charge in [0.05, 0.1) is 4.92 Å². The summed E-state index contributed by atoms with van der Waals surface area (Å²) >= 11 is 0. The van der Waals surface area contributed by atoms with Crippen LogP contribution in [0.1, 0.15) is 22.8 Å². The van der Waals surface area contributed by atoms with Gasteiger partial charge in [0.1, 0.15) is 12.6 Å². The largest absolute Gasteiger partial charge is 0.318 e. The third-order valence-corrected chi connectivity index (χ3v) is 3.42. The fourth-order valence-electron chi connectivity index (χ4n) is 2.17. The highest BCUT2D eigenvalue weighted by molar-refractivity contribution is 6.07. The van der Waals surface area contributed by atoms with Crippen LogP contribution < -0.4 is 5.32 Å². The van der Waals surface area contributed by atoms with Crippen molar-refractivity contribution in [3.05, 3.63) is 39.4 Å². The molecule has 21 heavy (non-hydrogen) atoms. The number of piperazine rings is 1. The molecule has 1 unspecified atom stereocenters. The molecule has 0 bridgehead atoms. The Balaban J connectivity index is 2.40. The topological polar surface area (TPSA) is 110 Å². The van der Waals surface area contributed by atoms with Crippen molar-refractivity contribution in [1.82, 2.24) is 10.2 Å². The summed E-state index contributed by atoms with van der Waals surface area (Å²) in [4.78, 5) is 46.9. The molecule has 110 valence electrons. The average molecular weight is 291 g/mol. The number of nitro groups is 1. The molecule has 0 aromatic heterocycles. The Morgan fingerprint density at radius 3 is 2.71 bits per heavy atom. The number of nitro benzene ring substituents is 1. The molecular formula is C13H13N3O5. The molecule has 0 radical (unpaired) electrons. The number of nitrogens with zero attached hydrogens (tertiary/aromatic N) is 2. The molecular weight excluding hydrogens is 278 g/mol. The standard InChI is InChI=1S/C13H13N3O5/c1-7-9(4-3-5-10(7)16(20)21)13(19)15-6-11(17)14-12(18)8(15)2/h3-5,8H,6H2,1-2H3,(H,14,17,18). The lowest BCUT2D eigenvalue weighted by atomic mass is 10.0. The highest BCUT2D eigenvalue weighted by Crippen LogP contribution is 2.23. The third-order valence-electron chi connectivity index (χ3n) is 3.42. The molecule has 1 aromatic rings. The van der Waals surface area contributed by atoms with E-state index in [1.807, 2.05) is 0 Å². The number of hydrogen-bond acceptors (Lipinski definition) is 5. The Morgan fingerprint density at radius 1 is 1.43 bits per heavy atom. The van der Waals surface area contributed by atoms with Gasteiger partial charge in [-0.2, -0.15) is 0 Å². The van der Waals surface area contributed by atoms with Crippen LogP contribution >= 0.6 is 0 Å². The fourth-order valence-corrected chi connectivity index (χ4v) is 2.17. The highest BCUT2D eigenvalue weighted by atomic mass is 16.6. The quantitative estimate of drug-likeness (QED) is 0.481. The molecule has 1 heterocycles. The lowest BCUT2D eigenvalue weighted by Gasteiger charge is -2.31. The molecule has 0 spiro atoms. The van der Waals surface area contributed by atoms with Crippen LogP contribution in [0, 0.1) is 17.0 Å². The van der Waals surface area contributed by atoms with Crippen molar-refractivity contribution in [1.29, 1.82) is 0 Å². The van der Waals surface area contributed by atoms with Gasteiger partial charge in [0.15, 0.2) is 0 Å². The summed E-state index contributed by atoms with van der Waals surface area (Å²) in [5.41, 5.74) is 0.137. The van der Waals surface area contributed by atoms with Gasteiger partial charge in [-0.05, 0) is 19.9 Å². The fraction of sp³-hybridized carbons (Fsp3) is 0.308. The van der Waals surface area contributed by atoms with E-state index in [4.69, 9.17) is 0 Å². The van der Waals surface area contributed by atoms with Gasteiger partial charge in [-0.3, -0.25) is 29.8 Å². The van der Waals surface area contributed by atoms with Crippen molar-refractivity contribution in [3.8, 4) is 0 Å². The first kappa shape index (κ1) is 14.6. The molecule has 0 saturated carbocycles. The maximum atomic E-state index is 12.5. The molecule has 0 aliphatic carbocycles. The van der Waals surface area contributed by atoms with E-state index in [-0.39, 0.29) is 23.4 Å². The number of nitrogens with one attached hydrogen (secondary N) is 1. The van der Waals surface area contributed by atoms with Gasteiger partial charge in [-0.25, -0.2) is 0 Å². The Hall–Kier alpha value is -2.77. The molecule has 1 atom stereocenters. The first-order valence-corrected chi connectivity index (χ1v) is 6.21. The third kappa shape index (κ3) is 2.60. The van der Waals surface area contributed by atoms with Gasteiger partial charge < -0.3 is 4.90 Å². The lowest BCUT2D eigenvalue weighted by Crippen LogP contribution is -2.58. The van der Waals surface area contributed by atoms with Crippen LogP contribution in [0.15, 0.2) is 18.2 Å². The molecule has 2 rings (SSSR count). The number of carbonyl (C=O) groups excluding carboxylic acids is 3. The second kappa shape index (κ2) is 5.31. The maximum Gasteiger partial charge on any atom is 0.273 e. The lowest BCUT2D eigenvalue weighted by molar-refractivity contribution is -0.385. The van der Waals surface area contributed by atoms with Crippen LogP contribution in [-0.2, 0) is 9.59 Å². The van der Waals surface area contributed by atoms with Gasteiger partial charge >= 0.3 is 0 Å². The second-order valence-corrected chi connectivity index (χ2v) is 4.73. The van der Waals surface area contributed by atoms with Crippen LogP contribution in [0.2, 0.25) is 0 Å². The van der Waals surface area contributed by atoms with Crippen molar-refractivity contribution in [3.63, 3.8) is 0 Å². The number of benzene rings is 1. The zero-order valence-electron chi connectivity index (χ0n) is 11.5.